The number of carbonyl (C=O) groups is 1. The third kappa shape index (κ3) is 3.18. The van der Waals surface area contributed by atoms with Crippen molar-refractivity contribution in [3.63, 3.8) is 0 Å². The minimum Gasteiger partial charge on any atom is -0.314 e. The second-order valence-corrected chi connectivity index (χ2v) is 6.15. The molecule has 0 bridgehead atoms. The second-order valence-electron chi connectivity index (χ2n) is 5.36. The molecule has 0 atom stereocenters. The highest BCUT2D eigenvalue weighted by atomic mass is 35.5. The molecule has 3 rings (SSSR count). The molecule has 2 heterocycles. The van der Waals surface area contributed by atoms with E-state index >= 15 is 0 Å². The molecule has 1 aromatic carbocycles. The number of hydrogen-bond acceptors (Lipinski definition) is 3. The van der Waals surface area contributed by atoms with Crippen molar-refractivity contribution in [1.82, 2.24) is 14.3 Å². The Morgan fingerprint density at radius 2 is 1.80 bits per heavy atom. The molecular formula is C17H14Cl2N4O2. The smallest absolute Gasteiger partial charge is 0.295 e. The summed E-state index contributed by atoms with van der Waals surface area (Å²) in [6, 6.07) is 12.1. The zero-order valence-electron chi connectivity index (χ0n) is 13.5. The highest BCUT2D eigenvalue weighted by Crippen LogP contribution is 2.19. The molecule has 0 aliphatic carbocycles. The molecule has 0 aliphatic heterocycles. The fourth-order valence-corrected chi connectivity index (χ4v) is 2.80. The number of benzene rings is 1. The van der Waals surface area contributed by atoms with Crippen LogP contribution in [0.3, 0.4) is 0 Å². The average molecular weight is 377 g/mol. The van der Waals surface area contributed by atoms with Crippen LogP contribution in [0.15, 0.2) is 47.3 Å². The number of anilines is 1. The highest BCUT2D eigenvalue weighted by Gasteiger charge is 2.20. The van der Waals surface area contributed by atoms with Gasteiger partial charge in [0.15, 0.2) is 0 Å². The molecule has 0 saturated heterocycles. The van der Waals surface area contributed by atoms with E-state index in [9.17, 15) is 9.59 Å². The number of carbonyl (C=O) groups excluding carboxylic acids is 1. The predicted octanol–water partition coefficient (Wildman–Crippen LogP) is 3.44. The summed E-state index contributed by atoms with van der Waals surface area (Å²) < 4.78 is 3.14. The summed E-state index contributed by atoms with van der Waals surface area (Å²) in [6.45, 7) is 1.74. The van der Waals surface area contributed by atoms with Crippen LogP contribution >= 0.6 is 23.2 Å². The van der Waals surface area contributed by atoms with Gasteiger partial charge in [0.2, 0.25) is 0 Å². The van der Waals surface area contributed by atoms with E-state index in [1.807, 2.05) is 30.3 Å². The molecule has 0 spiro atoms. The summed E-state index contributed by atoms with van der Waals surface area (Å²) in [5.74, 6) is -0.599. The molecule has 3 aromatic rings. The van der Waals surface area contributed by atoms with Crippen LogP contribution in [-0.4, -0.2) is 20.3 Å². The van der Waals surface area contributed by atoms with E-state index in [2.05, 4.69) is 10.3 Å². The number of para-hydroxylation sites is 1. The first kappa shape index (κ1) is 17.3. The highest BCUT2D eigenvalue weighted by molar-refractivity contribution is 6.35. The number of aromatic nitrogens is 3. The summed E-state index contributed by atoms with van der Waals surface area (Å²) >= 11 is 11.8. The van der Waals surface area contributed by atoms with E-state index < -0.39 is 5.91 Å². The SMILES string of the molecule is Cc1c(NC(=O)c2nc(Cl)ccc2Cl)c(=O)n(-c2ccccc2)n1C. The Morgan fingerprint density at radius 1 is 1.12 bits per heavy atom. The van der Waals surface area contributed by atoms with Crippen molar-refractivity contribution in [3.8, 4) is 5.69 Å². The lowest BCUT2D eigenvalue weighted by atomic mass is 10.3. The molecule has 1 amide bonds. The van der Waals surface area contributed by atoms with E-state index in [0.29, 0.717) is 11.4 Å². The molecule has 0 saturated carbocycles. The fraction of sp³-hybridized carbons (Fsp3) is 0.118. The minimum absolute atomic E-state index is 0.0388. The van der Waals surface area contributed by atoms with Crippen molar-refractivity contribution in [2.45, 2.75) is 6.92 Å². The Balaban J connectivity index is 2.03. The Labute approximate surface area is 153 Å². The van der Waals surface area contributed by atoms with Gasteiger partial charge in [-0.3, -0.25) is 14.3 Å². The number of nitrogens with one attached hydrogen (secondary N) is 1. The van der Waals surface area contributed by atoms with Crippen LogP contribution in [0.1, 0.15) is 16.2 Å². The maximum atomic E-state index is 12.8. The van der Waals surface area contributed by atoms with E-state index in [1.54, 1.807) is 18.7 Å². The molecule has 0 unspecified atom stereocenters. The van der Waals surface area contributed by atoms with Crippen molar-refractivity contribution in [2.75, 3.05) is 5.32 Å². The minimum atomic E-state index is -0.599. The summed E-state index contributed by atoms with van der Waals surface area (Å²) in [7, 11) is 1.74. The molecule has 1 N–H and O–H groups in total. The summed E-state index contributed by atoms with van der Waals surface area (Å²) in [5, 5.41) is 2.89. The van der Waals surface area contributed by atoms with Crippen LogP contribution in [-0.2, 0) is 7.05 Å². The summed E-state index contributed by atoms with van der Waals surface area (Å²) in [6.07, 6.45) is 0. The van der Waals surface area contributed by atoms with Crippen molar-refractivity contribution in [2.24, 2.45) is 7.05 Å². The van der Waals surface area contributed by atoms with E-state index in [1.165, 1.54) is 16.8 Å². The zero-order chi connectivity index (χ0) is 18.1. The second kappa shape index (κ2) is 6.74. The zero-order valence-corrected chi connectivity index (χ0v) is 15.0. The predicted molar refractivity (Wildman–Crippen MR) is 98.0 cm³/mol. The lowest BCUT2D eigenvalue weighted by Crippen LogP contribution is -2.23. The van der Waals surface area contributed by atoms with Crippen LogP contribution in [0.2, 0.25) is 10.2 Å². The Hall–Kier alpha value is -2.57. The molecule has 8 heteroatoms. The van der Waals surface area contributed by atoms with Gasteiger partial charge in [0.25, 0.3) is 11.5 Å². The lowest BCUT2D eigenvalue weighted by Gasteiger charge is -2.07. The third-order valence-corrected chi connectivity index (χ3v) is 4.34. The Bertz CT molecular complexity index is 1010. The summed E-state index contributed by atoms with van der Waals surface area (Å²) in [4.78, 5) is 29.2. The topological polar surface area (TPSA) is 68.9 Å². The van der Waals surface area contributed by atoms with E-state index in [0.717, 1.165) is 0 Å². The van der Waals surface area contributed by atoms with E-state index in [4.69, 9.17) is 23.2 Å². The lowest BCUT2D eigenvalue weighted by molar-refractivity contribution is 0.102. The Kier molecular flexibility index (Phi) is 4.65. The molecule has 25 heavy (non-hydrogen) atoms. The number of pyridine rings is 1. The normalized spacial score (nSPS) is 10.7. The van der Waals surface area contributed by atoms with Crippen LogP contribution in [0.25, 0.3) is 5.69 Å². The average Bonchev–Trinajstić information content (AvgIpc) is 2.81. The van der Waals surface area contributed by atoms with Gasteiger partial charge in [-0.2, -0.15) is 0 Å². The number of rotatable bonds is 3. The van der Waals surface area contributed by atoms with Gasteiger partial charge in [-0.05, 0) is 31.2 Å². The first-order chi connectivity index (χ1) is 11.9. The number of halogens is 2. The van der Waals surface area contributed by atoms with Crippen molar-refractivity contribution < 1.29 is 4.79 Å². The molecule has 0 radical (unpaired) electrons. The first-order valence-electron chi connectivity index (χ1n) is 7.37. The fourth-order valence-electron chi connectivity index (χ4n) is 2.46. The molecule has 0 aliphatic rings. The van der Waals surface area contributed by atoms with Crippen LogP contribution in [0.4, 0.5) is 5.69 Å². The van der Waals surface area contributed by atoms with Gasteiger partial charge in [-0.1, -0.05) is 41.4 Å². The van der Waals surface area contributed by atoms with Gasteiger partial charge in [-0.15, -0.1) is 0 Å². The molecule has 6 nitrogen and oxygen atoms in total. The summed E-state index contributed by atoms with van der Waals surface area (Å²) in [5.41, 5.74) is 1.06. The maximum absolute atomic E-state index is 12.8. The van der Waals surface area contributed by atoms with Gasteiger partial charge >= 0.3 is 0 Å². The first-order valence-corrected chi connectivity index (χ1v) is 8.13. The van der Waals surface area contributed by atoms with Gasteiger partial charge in [0, 0.05) is 7.05 Å². The van der Waals surface area contributed by atoms with Crippen LogP contribution in [0.5, 0.6) is 0 Å². The molecule has 2 aromatic heterocycles. The molecule has 0 fully saturated rings. The van der Waals surface area contributed by atoms with Crippen molar-refractivity contribution in [1.29, 1.82) is 0 Å². The van der Waals surface area contributed by atoms with Crippen LogP contribution < -0.4 is 10.9 Å². The number of hydrogen-bond donors (Lipinski definition) is 1. The molecular weight excluding hydrogens is 363 g/mol. The molecule has 128 valence electrons. The number of amides is 1. The van der Waals surface area contributed by atoms with Gasteiger partial charge in [0.05, 0.1) is 16.4 Å². The Morgan fingerprint density at radius 3 is 2.48 bits per heavy atom. The van der Waals surface area contributed by atoms with Gasteiger partial charge in [-0.25, -0.2) is 9.67 Å². The maximum Gasteiger partial charge on any atom is 0.295 e. The van der Waals surface area contributed by atoms with E-state index in [-0.39, 0.29) is 27.1 Å². The van der Waals surface area contributed by atoms with Crippen LogP contribution in [0, 0.1) is 6.92 Å². The standard InChI is InChI=1S/C17H14Cl2N4O2/c1-10-14(21-16(24)15-12(18)8-9-13(19)20-15)17(25)23(22(10)2)11-6-4-3-5-7-11/h3-9H,1-2H3,(H,21,24). The van der Waals surface area contributed by atoms with Crippen molar-refractivity contribution >= 4 is 34.8 Å². The van der Waals surface area contributed by atoms with Gasteiger partial charge < -0.3 is 5.32 Å². The largest absolute Gasteiger partial charge is 0.314 e. The third-order valence-electron chi connectivity index (χ3n) is 3.82. The van der Waals surface area contributed by atoms with Gasteiger partial charge in [0.1, 0.15) is 16.5 Å². The monoisotopic (exact) mass is 376 g/mol. The quantitative estimate of drug-likeness (QED) is 0.711. The van der Waals surface area contributed by atoms with Crippen molar-refractivity contribution in [3.05, 3.63) is 74.4 Å². The number of nitrogens with zero attached hydrogens (tertiary/aromatic N) is 3.